The number of ether oxygens (including phenoxy) is 2. The van der Waals surface area contributed by atoms with Gasteiger partial charge in [0.2, 0.25) is 0 Å². The predicted octanol–water partition coefficient (Wildman–Crippen LogP) is 2.89. The summed E-state index contributed by atoms with van der Waals surface area (Å²) in [5, 5.41) is 1.73. The van der Waals surface area contributed by atoms with Crippen LogP contribution in [0.1, 0.15) is 5.56 Å². The molecule has 0 saturated heterocycles. The Bertz CT molecular complexity index is 606. The summed E-state index contributed by atoms with van der Waals surface area (Å²) in [4.78, 5) is 11.3. The Kier molecular flexibility index (Phi) is 4.99. The van der Waals surface area contributed by atoms with Crippen molar-refractivity contribution >= 4 is 26.9 Å². The molecule has 0 atom stereocenters. The largest absolute Gasteiger partial charge is 0.491 e. The van der Waals surface area contributed by atoms with Gasteiger partial charge in [0.1, 0.15) is 17.9 Å². The van der Waals surface area contributed by atoms with Crippen LogP contribution in [0.25, 0.3) is 11.0 Å². The van der Waals surface area contributed by atoms with Gasteiger partial charge in [-0.05, 0) is 24.6 Å². The summed E-state index contributed by atoms with van der Waals surface area (Å²) in [6, 6.07) is 6.97. The molecule has 1 aromatic heterocycles. The number of alkyl halides is 1. The summed E-state index contributed by atoms with van der Waals surface area (Å²) in [6.45, 7) is 3.54. The first-order chi connectivity index (χ1) is 9.20. The van der Waals surface area contributed by atoms with E-state index in [1.807, 2.05) is 19.1 Å². The molecule has 0 aliphatic rings. The summed E-state index contributed by atoms with van der Waals surface area (Å²) in [6.07, 6.45) is 0. The Hall–Kier alpha value is -1.33. The molecule has 0 radical (unpaired) electrons. The second kappa shape index (κ2) is 6.73. The first kappa shape index (κ1) is 14.1. The van der Waals surface area contributed by atoms with Crippen molar-refractivity contribution in [1.29, 1.82) is 0 Å². The monoisotopic (exact) mass is 326 g/mol. The van der Waals surface area contributed by atoms with Gasteiger partial charge in [0.15, 0.2) is 0 Å². The highest BCUT2D eigenvalue weighted by molar-refractivity contribution is 9.09. The number of aryl methyl sites for hydroxylation is 1. The van der Waals surface area contributed by atoms with Crippen molar-refractivity contribution in [2.24, 2.45) is 0 Å². The molecule has 0 aliphatic carbocycles. The molecule has 2 aromatic rings. The highest BCUT2D eigenvalue weighted by Gasteiger charge is 2.04. The molecule has 19 heavy (non-hydrogen) atoms. The average Bonchev–Trinajstić information content (AvgIpc) is 2.38. The van der Waals surface area contributed by atoms with Crippen molar-refractivity contribution in [3.05, 3.63) is 40.2 Å². The molecule has 0 aliphatic heterocycles. The zero-order chi connectivity index (χ0) is 13.7. The van der Waals surface area contributed by atoms with Gasteiger partial charge in [-0.25, -0.2) is 4.79 Å². The lowest BCUT2D eigenvalue weighted by Crippen LogP contribution is -2.08. The molecule has 0 saturated carbocycles. The number of rotatable bonds is 6. The number of hydrogen-bond donors (Lipinski definition) is 0. The van der Waals surface area contributed by atoms with Crippen LogP contribution in [0, 0.1) is 6.92 Å². The third kappa shape index (κ3) is 3.81. The van der Waals surface area contributed by atoms with Gasteiger partial charge >= 0.3 is 5.63 Å². The van der Waals surface area contributed by atoms with E-state index in [9.17, 15) is 4.79 Å². The van der Waals surface area contributed by atoms with E-state index in [1.54, 1.807) is 6.07 Å². The molecule has 0 spiro atoms. The lowest BCUT2D eigenvalue weighted by molar-refractivity contribution is 0.112. The van der Waals surface area contributed by atoms with Gasteiger partial charge in [0.25, 0.3) is 0 Å². The molecular weight excluding hydrogens is 312 g/mol. The van der Waals surface area contributed by atoms with Crippen molar-refractivity contribution in [2.75, 3.05) is 25.2 Å². The topological polar surface area (TPSA) is 48.7 Å². The molecule has 102 valence electrons. The van der Waals surface area contributed by atoms with Crippen LogP contribution < -0.4 is 10.4 Å². The second-order valence-electron chi connectivity index (χ2n) is 4.06. The fourth-order valence-electron chi connectivity index (χ4n) is 1.77. The summed E-state index contributed by atoms with van der Waals surface area (Å²) < 4.78 is 16.0. The Morgan fingerprint density at radius 3 is 2.84 bits per heavy atom. The van der Waals surface area contributed by atoms with Gasteiger partial charge in [0, 0.05) is 22.8 Å². The summed E-state index contributed by atoms with van der Waals surface area (Å²) in [7, 11) is 0. The zero-order valence-electron chi connectivity index (χ0n) is 10.6. The van der Waals surface area contributed by atoms with Crippen LogP contribution in [-0.4, -0.2) is 25.2 Å². The van der Waals surface area contributed by atoms with Crippen molar-refractivity contribution in [3.8, 4) is 5.75 Å². The van der Waals surface area contributed by atoms with E-state index in [0.29, 0.717) is 31.2 Å². The highest BCUT2D eigenvalue weighted by atomic mass is 79.9. The molecule has 1 aromatic carbocycles. The van der Waals surface area contributed by atoms with E-state index >= 15 is 0 Å². The number of benzene rings is 1. The van der Waals surface area contributed by atoms with Crippen LogP contribution >= 0.6 is 15.9 Å². The summed E-state index contributed by atoms with van der Waals surface area (Å²) in [5.41, 5.74) is 1.10. The first-order valence-electron chi connectivity index (χ1n) is 6.02. The van der Waals surface area contributed by atoms with Crippen LogP contribution in [0.15, 0.2) is 33.5 Å². The minimum Gasteiger partial charge on any atom is -0.491 e. The molecular formula is C14H15BrO4. The third-order valence-corrected chi connectivity index (χ3v) is 2.96. The average molecular weight is 327 g/mol. The van der Waals surface area contributed by atoms with Crippen LogP contribution in [0.4, 0.5) is 0 Å². The Labute approximate surface area is 119 Å². The van der Waals surface area contributed by atoms with Gasteiger partial charge < -0.3 is 13.9 Å². The quantitative estimate of drug-likeness (QED) is 0.465. The SMILES string of the molecule is Cc1cc(=O)oc2cc(OCCOCCBr)ccc12. The molecule has 1 heterocycles. The van der Waals surface area contributed by atoms with Crippen LogP contribution in [0.3, 0.4) is 0 Å². The molecule has 0 unspecified atom stereocenters. The first-order valence-corrected chi connectivity index (χ1v) is 7.14. The fraction of sp³-hybridized carbons (Fsp3) is 0.357. The number of halogens is 1. The maximum Gasteiger partial charge on any atom is 0.336 e. The number of hydrogen-bond acceptors (Lipinski definition) is 4. The van der Waals surface area contributed by atoms with Gasteiger partial charge in [-0.3, -0.25) is 0 Å². The van der Waals surface area contributed by atoms with Crippen LogP contribution in [-0.2, 0) is 4.74 Å². The standard InChI is InChI=1S/C14H15BrO4/c1-10-8-14(16)19-13-9-11(2-3-12(10)13)18-7-6-17-5-4-15/h2-3,8-9H,4-7H2,1H3. The molecule has 5 heteroatoms. The predicted molar refractivity (Wildman–Crippen MR) is 77.3 cm³/mol. The van der Waals surface area contributed by atoms with Gasteiger partial charge in [0.05, 0.1) is 13.2 Å². The van der Waals surface area contributed by atoms with E-state index < -0.39 is 0 Å². The van der Waals surface area contributed by atoms with E-state index in [2.05, 4.69) is 15.9 Å². The maximum atomic E-state index is 11.3. The number of fused-ring (bicyclic) bond motifs is 1. The molecule has 0 fully saturated rings. The minimum atomic E-state index is -0.345. The fourth-order valence-corrected chi connectivity index (χ4v) is 2.00. The summed E-state index contributed by atoms with van der Waals surface area (Å²) >= 11 is 3.28. The highest BCUT2D eigenvalue weighted by Crippen LogP contribution is 2.22. The van der Waals surface area contributed by atoms with Crippen molar-refractivity contribution in [2.45, 2.75) is 6.92 Å². The van der Waals surface area contributed by atoms with E-state index in [0.717, 1.165) is 16.3 Å². The normalized spacial score (nSPS) is 10.8. The lowest BCUT2D eigenvalue weighted by Gasteiger charge is -2.07. The second-order valence-corrected chi connectivity index (χ2v) is 4.85. The van der Waals surface area contributed by atoms with Crippen molar-refractivity contribution < 1.29 is 13.9 Å². The van der Waals surface area contributed by atoms with Crippen molar-refractivity contribution in [3.63, 3.8) is 0 Å². The van der Waals surface area contributed by atoms with Crippen LogP contribution in [0.5, 0.6) is 5.75 Å². The molecule has 2 rings (SSSR count). The molecule has 4 nitrogen and oxygen atoms in total. The Morgan fingerprint density at radius 2 is 2.05 bits per heavy atom. The molecule has 0 bridgehead atoms. The molecule has 0 N–H and O–H groups in total. The molecule has 0 amide bonds. The minimum absolute atomic E-state index is 0.345. The van der Waals surface area contributed by atoms with E-state index in [-0.39, 0.29) is 5.63 Å². The zero-order valence-corrected chi connectivity index (χ0v) is 12.2. The Morgan fingerprint density at radius 1 is 1.21 bits per heavy atom. The third-order valence-electron chi connectivity index (χ3n) is 2.64. The van der Waals surface area contributed by atoms with E-state index in [4.69, 9.17) is 13.9 Å². The summed E-state index contributed by atoms with van der Waals surface area (Å²) in [5.74, 6) is 0.670. The van der Waals surface area contributed by atoms with Crippen LogP contribution in [0.2, 0.25) is 0 Å². The van der Waals surface area contributed by atoms with Gasteiger partial charge in [-0.1, -0.05) is 15.9 Å². The van der Waals surface area contributed by atoms with E-state index in [1.165, 1.54) is 6.07 Å². The van der Waals surface area contributed by atoms with Crippen molar-refractivity contribution in [1.82, 2.24) is 0 Å². The maximum absolute atomic E-state index is 11.3. The lowest BCUT2D eigenvalue weighted by atomic mass is 10.1. The Balaban J connectivity index is 2.07. The smallest absolute Gasteiger partial charge is 0.336 e. The van der Waals surface area contributed by atoms with Gasteiger partial charge in [-0.2, -0.15) is 0 Å². The van der Waals surface area contributed by atoms with Gasteiger partial charge in [-0.15, -0.1) is 0 Å².